The van der Waals surface area contributed by atoms with Crippen LogP contribution in [-0.2, 0) is 6.18 Å². The predicted octanol–water partition coefficient (Wildman–Crippen LogP) is 5.33. The van der Waals surface area contributed by atoms with E-state index in [1.807, 2.05) is 18.2 Å². The molecular weight excluding hydrogens is 393 g/mol. The minimum atomic E-state index is -4.49. The Morgan fingerprint density at radius 3 is 2.61 bits per heavy atom. The number of fused-ring (bicyclic) bond motifs is 1. The van der Waals surface area contributed by atoms with E-state index in [-0.39, 0.29) is 5.56 Å². The van der Waals surface area contributed by atoms with Gasteiger partial charge in [0.15, 0.2) is 5.13 Å². The minimum absolute atomic E-state index is 0.0712. The van der Waals surface area contributed by atoms with Crippen molar-refractivity contribution >= 4 is 48.5 Å². The Bertz CT molecular complexity index is 892. The molecule has 2 aromatic carbocycles. The Kier molecular flexibility index (Phi) is 4.11. The van der Waals surface area contributed by atoms with Gasteiger partial charge in [-0.1, -0.05) is 23.5 Å². The van der Waals surface area contributed by atoms with Gasteiger partial charge in [0.2, 0.25) is 0 Å². The van der Waals surface area contributed by atoms with Crippen LogP contribution in [-0.4, -0.2) is 10.9 Å². The van der Waals surface area contributed by atoms with Gasteiger partial charge in [0.1, 0.15) is 0 Å². The number of alkyl halides is 3. The van der Waals surface area contributed by atoms with Crippen LogP contribution in [0.2, 0.25) is 0 Å². The van der Waals surface area contributed by atoms with Crippen LogP contribution < -0.4 is 5.32 Å². The number of carbonyl (C=O) groups excluding carboxylic acids is 1. The predicted molar refractivity (Wildman–Crippen MR) is 86.7 cm³/mol. The van der Waals surface area contributed by atoms with E-state index in [0.29, 0.717) is 10.6 Å². The van der Waals surface area contributed by atoms with Gasteiger partial charge in [-0.2, -0.15) is 13.2 Å². The van der Waals surface area contributed by atoms with Crippen molar-refractivity contribution in [1.82, 2.24) is 4.98 Å². The molecule has 0 saturated carbocycles. The summed E-state index contributed by atoms with van der Waals surface area (Å²) >= 11 is 4.61. The lowest BCUT2D eigenvalue weighted by Gasteiger charge is -2.08. The number of amides is 1. The molecule has 0 saturated heterocycles. The maximum Gasteiger partial charge on any atom is 0.416 e. The van der Waals surface area contributed by atoms with E-state index in [1.165, 1.54) is 23.5 Å². The van der Waals surface area contributed by atoms with Crippen molar-refractivity contribution in [1.29, 1.82) is 0 Å². The molecule has 8 heteroatoms. The number of anilines is 1. The number of benzene rings is 2. The Morgan fingerprint density at radius 2 is 1.91 bits per heavy atom. The first-order valence-electron chi connectivity index (χ1n) is 6.38. The monoisotopic (exact) mass is 400 g/mol. The Hall–Kier alpha value is -1.93. The average molecular weight is 401 g/mol. The topological polar surface area (TPSA) is 42.0 Å². The van der Waals surface area contributed by atoms with Gasteiger partial charge in [-0.25, -0.2) is 4.98 Å². The highest BCUT2D eigenvalue weighted by Gasteiger charge is 2.30. The summed E-state index contributed by atoms with van der Waals surface area (Å²) in [6.45, 7) is 0. The van der Waals surface area contributed by atoms with E-state index in [9.17, 15) is 18.0 Å². The number of nitrogens with zero attached hydrogens (tertiary/aromatic N) is 1. The summed E-state index contributed by atoms with van der Waals surface area (Å²) in [5, 5.41) is 2.86. The van der Waals surface area contributed by atoms with Crippen LogP contribution in [0.5, 0.6) is 0 Å². The first-order valence-corrected chi connectivity index (χ1v) is 7.99. The molecule has 0 aliphatic carbocycles. The molecule has 0 unspecified atom stereocenters. The molecule has 0 aliphatic heterocycles. The number of para-hydroxylation sites is 1. The van der Waals surface area contributed by atoms with Crippen LogP contribution in [0.15, 0.2) is 46.9 Å². The molecule has 3 aromatic rings. The second-order valence-electron chi connectivity index (χ2n) is 4.64. The van der Waals surface area contributed by atoms with Gasteiger partial charge in [-0.15, -0.1) is 0 Å². The van der Waals surface area contributed by atoms with Crippen molar-refractivity contribution in [3.8, 4) is 0 Å². The standard InChI is InChI=1S/C15H8BrF3N2OS/c16-10-5-2-6-11-12(10)20-14(23-11)21-13(22)8-3-1-4-9(7-8)15(17,18)19/h1-7H,(H,20,21,22). The third-order valence-electron chi connectivity index (χ3n) is 3.04. The van der Waals surface area contributed by atoms with Crippen molar-refractivity contribution in [2.75, 3.05) is 5.32 Å². The lowest BCUT2D eigenvalue weighted by atomic mass is 10.1. The van der Waals surface area contributed by atoms with Crippen LogP contribution in [0.25, 0.3) is 10.2 Å². The molecule has 1 amide bonds. The number of carbonyl (C=O) groups is 1. The normalized spacial score (nSPS) is 11.7. The molecule has 1 aromatic heterocycles. The number of rotatable bonds is 2. The van der Waals surface area contributed by atoms with Crippen molar-refractivity contribution < 1.29 is 18.0 Å². The first kappa shape index (κ1) is 15.9. The molecule has 1 N–H and O–H groups in total. The fraction of sp³-hybridized carbons (Fsp3) is 0.0667. The number of halogens is 4. The molecule has 0 aliphatic rings. The Labute approximate surface area is 141 Å². The zero-order valence-electron chi connectivity index (χ0n) is 11.3. The number of hydrogen-bond acceptors (Lipinski definition) is 3. The van der Waals surface area contributed by atoms with E-state index in [0.717, 1.165) is 21.3 Å². The Morgan fingerprint density at radius 1 is 1.17 bits per heavy atom. The summed E-state index contributed by atoms with van der Waals surface area (Å²) in [4.78, 5) is 16.4. The number of nitrogens with one attached hydrogen (secondary N) is 1. The van der Waals surface area contributed by atoms with Gasteiger partial charge >= 0.3 is 6.18 Å². The highest BCUT2D eigenvalue weighted by atomic mass is 79.9. The average Bonchev–Trinajstić information content (AvgIpc) is 2.90. The van der Waals surface area contributed by atoms with Crippen molar-refractivity contribution in [2.24, 2.45) is 0 Å². The molecule has 0 bridgehead atoms. The van der Waals surface area contributed by atoms with Gasteiger partial charge in [0, 0.05) is 10.0 Å². The molecule has 1 heterocycles. The zero-order valence-corrected chi connectivity index (χ0v) is 13.7. The maximum absolute atomic E-state index is 12.7. The highest BCUT2D eigenvalue weighted by molar-refractivity contribution is 9.10. The van der Waals surface area contributed by atoms with Crippen LogP contribution in [0.1, 0.15) is 15.9 Å². The van der Waals surface area contributed by atoms with Crippen molar-refractivity contribution in [2.45, 2.75) is 6.18 Å². The van der Waals surface area contributed by atoms with Crippen LogP contribution in [0, 0.1) is 0 Å². The van der Waals surface area contributed by atoms with E-state index >= 15 is 0 Å². The van der Waals surface area contributed by atoms with Crippen LogP contribution >= 0.6 is 27.3 Å². The summed E-state index contributed by atoms with van der Waals surface area (Å²) < 4.78 is 39.7. The zero-order chi connectivity index (χ0) is 16.6. The SMILES string of the molecule is O=C(Nc1nc2c(Br)cccc2s1)c1cccc(C(F)(F)F)c1. The van der Waals surface area contributed by atoms with Gasteiger partial charge in [0.05, 0.1) is 15.8 Å². The Balaban J connectivity index is 1.87. The quantitative estimate of drug-likeness (QED) is 0.631. The number of thiazole rings is 1. The summed E-state index contributed by atoms with van der Waals surface area (Å²) in [7, 11) is 0. The van der Waals surface area contributed by atoms with E-state index in [1.54, 1.807) is 0 Å². The molecule has 3 nitrogen and oxygen atoms in total. The summed E-state index contributed by atoms with van der Waals surface area (Å²) in [6, 6.07) is 9.77. The second kappa shape index (κ2) is 5.93. The fourth-order valence-corrected chi connectivity index (χ4v) is 3.45. The molecule has 23 heavy (non-hydrogen) atoms. The molecule has 0 fully saturated rings. The molecular formula is C15H8BrF3N2OS. The number of hydrogen-bond donors (Lipinski definition) is 1. The van der Waals surface area contributed by atoms with E-state index in [2.05, 4.69) is 26.2 Å². The molecule has 0 atom stereocenters. The molecule has 3 rings (SSSR count). The summed E-state index contributed by atoms with van der Waals surface area (Å²) in [5.41, 5.74) is -0.243. The minimum Gasteiger partial charge on any atom is -0.298 e. The highest BCUT2D eigenvalue weighted by Crippen LogP contribution is 2.32. The van der Waals surface area contributed by atoms with Crippen molar-refractivity contribution in [3.05, 3.63) is 58.1 Å². The fourth-order valence-electron chi connectivity index (χ4n) is 1.97. The summed E-state index contributed by atoms with van der Waals surface area (Å²) in [6.07, 6.45) is -4.49. The molecule has 0 spiro atoms. The van der Waals surface area contributed by atoms with Gasteiger partial charge < -0.3 is 0 Å². The van der Waals surface area contributed by atoms with Gasteiger partial charge in [0.25, 0.3) is 5.91 Å². The van der Waals surface area contributed by atoms with Gasteiger partial charge in [-0.3, -0.25) is 10.1 Å². The first-order chi connectivity index (χ1) is 10.8. The van der Waals surface area contributed by atoms with Gasteiger partial charge in [-0.05, 0) is 46.3 Å². The molecule has 118 valence electrons. The maximum atomic E-state index is 12.7. The number of aromatic nitrogens is 1. The molecule has 0 radical (unpaired) electrons. The lowest BCUT2D eigenvalue weighted by Crippen LogP contribution is -2.13. The van der Waals surface area contributed by atoms with E-state index in [4.69, 9.17) is 0 Å². The second-order valence-corrected chi connectivity index (χ2v) is 6.52. The lowest BCUT2D eigenvalue weighted by molar-refractivity contribution is -0.137. The smallest absolute Gasteiger partial charge is 0.298 e. The van der Waals surface area contributed by atoms with E-state index < -0.39 is 17.6 Å². The van der Waals surface area contributed by atoms with Crippen LogP contribution in [0.4, 0.5) is 18.3 Å². The largest absolute Gasteiger partial charge is 0.416 e. The van der Waals surface area contributed by atoms with Crippen molar-refractivity contribution in [3.63, 3.8) is 0 Å². The third kappa shape index (κ3) is 3.37. The van der Waals surface area contributed by atoms with Crippen LogP contribution in [0.3, 0.4) is 0 Å². The third-order valence-corrected chi connectivity index (χ3v) is 4.62. The summed E-state index contributed by atoms with van der Waals surface area (Å²) in [5.74, 6) is -0.633.